The summed E-state index contributed by atoms with van der Waals surface area (Å²) in [6, 6.07) is 0. The van der Waals surface area contributed by atoms with Crippen molar-refractivity contribution in [2.45, 2.75) is 13.0 Å². The van der Waals surface area contributed by atoms with Crippen molar-refractivity contribution in [1.29, 1.82) is 0 Å². The van der Waals surface area contributed by atoms with Crippen molar-refractivity contribution in [1.82, 2.24) is 4.90 Å². The lowest BCUT2D eigenvalue weighted by Gasteiger charge is -2.29. The zero-order valence-corrected chi connectivity index (χ0v) is 6.87. The van der Waals surface area contributed by atoms with Crippen molar-refractivity contribution in [2.24, 2.45) is 0 Å². The molecular weight excluding hydrogens is 146 g/mol. The third-order valence-corrected chi connectivity index (χ3v) is 1.67. The minimum absolute atomic E-state index is 0.128. The lowest BCUT2D eigenvalue weighted by Crippen LogP contribution is -2.44. The van der Waals surface area contributed by atoms with E-state index >= 15 is 0 Å². The van der Waals surface area contributed by atoms with Gasteiger partial charge in [0.2, 0.25) is 0 Å². The highest BCUT2D eigenvalue weighted by Crippen LogP contribution is 2.04. The Morgan fingerprint density at radius 2 is 2.45 bits per heavy atom. The van der Waals surface area contributed by atoms with E-state index in [2.05, 4.69) is 4.74 Å². The van der Waals surface area contributed by atoms with Crippen molar-refractivity contribution in [3.8, 4) is 0 Å². The maximum absolute atomic E-state index is 11.0. The Morgan fingerprint density at radius 1 is 1.73 bits per heavy atom. The zero-order valence-electron chi connectivity index (χ0n) is 6.87. The second kappa shape index (κ2) is 3.57. The number of morpholine rings is 1. The molecule has 4 nitrogen and oxygen atoms in total. The summed E-state index contributed by atoms with van der Waals surface area (Å²) < 4.78 is 9.82. The average molecular weight is 159 g/mol. The Bertz CT molecular complexity index is 149. The van der Waals surface area contributed by atoms with Crippen LogP contribution in [0.1, 0.15) is 6.92 Å². The molecule has 0 unspecified atom stereocenters. The van der Waals surface area contributed by atoms with Crippen LogP contribution in [0, 0.1) is 0 Å². The van der Waals surface area contributed by atoms with Gasteiger partial charge in [0.1, 0.15) is 0 Å². The molecule has 0 radical (unpaired) electrons. The SMILES string of the molecule is COC(=O)N1CCO[C@@H](C)C1. The normalized spacial score (nSPS) is 24.9. The van der Waals surface area contributed by atoms with Crippen molar-refractivity contribution >= 4 is 6.09 Å². The molecule has 0 aromatic rings. The summed E-state index contributed by atoms with van der Waals surface area (Å²) in [6.07, 6.45) is -0.136. The first kappa shape index (κ1) is 8.33. The summed E-state index contributed by atoms with van der Waals surface area (Å²) >= 11 is 0. The molecule has 1 amide bonds. The maximum Gasteiger partial charge on any atom is 0.409 e. The Hall–Kier alpha value is -0.770. The van der Waals surface area contributed by atoms with E-state index in [9.17, 15) is 4.79 Å². The molecule has 1 aliphatic rings. The molecule has 0 saturated carbocycles. The van der Waals surface area contributed by atoms with Gasteiger partial charge in [-0.15, -0.1) is 0 Å². The Balaban J connectivity index is 2.39. The predicted octanol–water partition coefficient (Wildman–Crippen LogP) is 0.474. The van der Waals surface area contributed by atoms with Crippen LogP contribution >= 0.6 is 0 Å². The van der Waals surface area contributed by atoms with Crippen LogP contribution in [0.3, 0.4) is 0 Å². The van der Waals surface area contributed by atoms with Crippen LogP contribution in [0.4, 0.5) is 4.79 Å². The second-order valence-corrected chi connectivity index (χ2v) is 2.60. The lowest BCUT2D eigenvalue weighted by atomic mass is 10.3. The summed E-state index contributed by atoms with van der Waals surface area (Å²) in [5, 5.41) is 0. The molecule has 1 atom stereocenters. The smallest absolute Gasteiger partial charge is 0.409 e. The third kappa shape index (κ3) is 2.08. The molecule has 0 aromatic carbocycles. The van der Waals surface area contributed by atoms with E-state index in [4.69, 9.17) is 4.74 Å². The van der Waals surface area contributed by atoms with Gasteiger partial charge in [-0.1, -0.05) is 0 Å². The second-order valence-electron chi connectivity index (χ2n) is 2.60. The van der Waals surface area contributed by atoms with Gasteiger partial charge in [-0.25, -0.2) is 4.79 Å². The molecule has 1 saturated heterocycles. The van der Waals surface area contributed by atoms with Crippen LogP contribution in [0.5, 0.6) is 0 Å². The first-order valence-electron chi connectivity index (χ1n) is 3.68. The summed E-state index contributed by atoms with van der Waals surface area (Å²) in [7, 11) is 1.39. The molecule has 0 aromatic heterocycles. The van der Waals surface area contributed by atoms with E-state index in [-0.39, 0.29) is 12.2 Å². The first-order chi connectivity index (χ1) is 5.24. The number of methoxy groups -OCH3 is 1. The molecular formula is C7H13NO3. The van der Waals surface area contributed by atoms with Crippen molar-refractivity contribution in [3.63, 3.8) is 0 Å². The van der Waals surface area contributed by atoms with Crippen molar-refractivity contribution in [3.05, 3.63) is 0 Å². The largest absolute Gasteiger partial charge is 0.453 e. The third-order valence-electron chi connectivity index (χ3n) is 1.67. The Kier molecular flexibility index (Phi) is 2.70. The molecule has 0 bridgehead atoms. The molecule has 1 aliphatic heterocycles. The molecule has 0 N–H and O–H groups in total. The van der Waals surface area contributed by atoms with E-state index in [0.29, 0.717) is 19.7 Å². The van der Waals surface area contributed by atoms with Gasteiger partial charge in [-0.2, -0.15) is 0 Å². The standard InChI is InChI=1S/C7H13NO3/c1-6-5-8(3-4-11-6)7(9)10-2/h6H,3-5H2,1-2H3/t6-/m0/s1. The lowest BCUT2D eigenvalue weighted by molar-refractivity contribution is -0.0149. The molecule has 4 heteroatoms. The number of hydrogen-bond donors (Lipinski definition) is 0. The molecule has 0 spiro atoms. The Labute approximate surface area is 66.1 Å². The van der Waals surface area contributed by atoms with Gasteiger partial charge in [-0.3, -0.25) is 0 Å². The van der Waals surface area contributed by atoms with Crippen LogP contribution in [0.25, 0.3) is 0 Å². The fraction of sp³-hybridized carbons (Fsp3) is 0.857. The van der Waals surface area contributed by atoms with Crippen LogP contribution in [-0.2, 0) is 9.47 Å². The summed E-state index contributed by atoms with van der Waals surface area (Å²) in [4.78, 5) is 12.6. The van der Waals surface area contributed by atoms with E-state index < -0.39 is 0 Å². The highest BCUT2D eigenvalue weighted by atomic mass is 16.5. The average Bonchev–Trinajstić information content (AvgIpc) is 2.03. The van der Waals surface area contributed by atoms with Crippen LogP contribution in [0.15, 0.2) is 0 Å². The van der Waals surface area contributed by atoms with Crippen LogP contribution in [-0.4, -0.2) is 43.9 Å². The summed E-state index contributed by atoms with van der Waals surface area (Å²) in [5.41, 5.74) is 0. The highest BCUT2D eigenvalue weighted by molar-refractivity contribution is 5.67. The molecule has 1 fully saturated rings. The van der Waals surface area contributed by atoms with Crippen LogP contribution < -0.4 is 0 Å². The van der Waals surface area contributed by atoms with Gasteiger partial charge in [0.25, 0.3) is 0 Å². The topological polar surface area (TPSA) is 38.8 Å². The molecule has 1 heterocycles. The van der Waals surface area contributed by atoms with E-state index in [1.54, 1.807) is 4.90 Å². The molecule has 1 rings (SSSR count). The maximum atomic E-state index is 11.0. The van der Waals surface area contributed by atoms with Gasteiger partial charge in [-0.05, 0) is 6.92 Å². The number of amides is 1. The zero-order chi connectivity index (χ0) is 8.27. The highest BCUT2D eigenvalue weighted by Gasteiger charge is 2.21. The number of carbonyl (C=O) groups is 1. The van der Waals surface area contributed by atoms with E-state index in [1.165, 1.54) is 7.11 Å². The van der Waals surface area contributed by atoms with Gasteiger partial charge < -0.3 is 14.4 Å². The number of nitrogens with zero attached hydrogens (tertiary/aromatic N) is 1. The Morgan fingerprint density at radius 3 is 3.00 bits per heavy atom. The molecule has 64 valence electrons. The predicted molar refractivity (Wildman–Crippen MR) is 39.4 cm³/mol. The van der Waals surface area contributed by atoms with E-state index in [0.717, 1.165) is 0 Å². The molecule has 0 aliphatic carbocycles. The fourth-order valence-corrected chi connectivity index (χ4v) is 1.11. The minimum Gasteiger partial charge on any atom is -0.453 e. The van der Waals surface area contributed by atoms with E-state index in [1.807, 2.05) is 6.92 Å². The van der Waals surface area contributed by atoms with Gasteiger partial charge in [0.15, 0.2) is 0 Å². The van der Waals surface area contributed by atoms with Crippen LogP contribution in [0.2, 0.25) is 0 Å². The van der Waals surface area contributed by atoms with Crippen molar-refractivity contribution < 1.29 is 14.3 Å². The monoisotopic (exact) mass is 159 g/mol. The van der Waals surface area contributed by atoms with Gasteiger partial charge in [0.05, 0.1) is 26.4 Å². The number of ether oxygens (including phenoxy) is 2. The number of rotatable bonds is 0. The summed E-state index contributed by atoms with van der Waals surface area (Å²) in [5.74, 6) is 0. The number of carbonyl (C=O) groups excluding carboxylic acids is 1. The first-order valence-corrected chi connectivity index (χ1v) is 3.68. The quantitative estimate of drug-likeness (QED) is 0.516. The molecule has 11 heavy (non-hydrogen) atoms. The minimum atomic E-state index is -0.264. The van der Waals surface area contributed by atoms with Gasteiger partial charge >= 0.3 is 6.09 Å². The number of hydrogen-bond acceptors (Lipinski definition) is 3. The summed E-state index contributed by atoms with van der Waals surface area (Å²) in [6.45, 7) is 3.81. The van der Waals surface area contributed by atoms with Crippen molar-refractivity contribution in [2.75, 3.05) is 26.8 Å². The fourth-order valence-electron chi connectivity index (χ4n) is 1.11. The van der Waals surface area contributed by atoms with Gasteiger partial charge in [0, 0.05) is 6.54 Å².